The molecule has 2 aromatic carbocycles. The second-order valence-electron chi connectivity index (χ2n) is 7.86. The van der Waals surface area contributed by atoms with Crippen molar-refractivity contribution in [3.8, 4) is 11.3 Å². The number of rotatable bonds is 4. The van der Waals surface area contributed by atoms with Crippen molar-refractivity contribution in [3.63, 3.8) is 0 Å². The Bertz CT molecular complexity index is 1380. The highest BCUT2D eigenvalue weighted by atomic mass is 35.5. The van der Waals surface area contributed by atoms with E-state index in [0.29, 0.717) is 69.1 Å². The van der Waals surface area contributed by atoms with Crippen LogP contribution in [0, 0.1) is 10.1 Å². The van der Waals surface area contributed by atoms with Gasteiger partial charge in [-0.1, -0.05) is 35.3 Å². The maximum atomic E-state index is 12.5. The lowest BCUT2D eigenvalue weighted by atomic mass is 10.2. The zero-order valence-electron chi connectivity index (χ0n) is 18.2. The fourth-order valence-electron chi connectivity index (χ4n) is 3.95. The molecule has 35 heavy (non-hydrogen) atoms. The zero-order chi connectivity index (χ0) is 24.5. The van der Waals surface area contributed by atoms with Gasteiger partial charge in [0.1, 0.15) is 17.2 Å². The summed E-state index contributed by atoms with van der Waals surface area (Å²) in [7, 11) is 0. The number of anilines is 1. The molecule has 5 rings (SSSR count). The maximum absolute atomic E-state index is 12.5. The van der Waals surface area contributed by atoms with Crippen LogP contribution in [0.15, 0.2) is 68.9 Å². The second kappa shape index (κ2) is 9.77. The third-order valence-corrected chi connectivity index (χ3v) is 7.27. The molecular formula is C24H18Cl2N4O4S. The van der Waals surface area contributed by atoms with Crippen molar-refractivity contribution < 1.29 is 14.1 Å². The quantitative estimate of drug-likeness (QED) is 0.234. The molecule has 0 atom stereocenters. The molecule has 0 bridgehead atoms. The number of carbonyl (C=O) groups is 1. The van der Waals surface area contributed by atoms with Gasteiger partial charge in [0.25, 0.3) is 11.6 Å². The molecule has 11 heteroatoms. The van der Waals surface area contributed by atoms with Gasteiger partial charge < -0.3 is 14.2 Å². The molecule has 0 spiro atoms. The topological polar surface area (TPSA) is 92.2 Å². The average molecular weight is 529 g/mol. The first-order chi connectivity index (χ1) is 16.9. The number of nitro benzene ring substituents is 1. The highest BCUT2D eigenvalue weighted by Crippen LogP contribution is 2.35. The zero-order valence-corrected chi connectivity index (χ0v) is 20.5. The van der Waals surface area contributed by atoms with Gasteiger partial charge in [-0.2, -0.15) is 4.99 Å². The molecule has 0 saturated carbocycles. The summed E-state index contributed by atoms with van der Waals surface area (Å²) >= 11 is 13.5. The van der Waals surface area contributed by atoms with Crippen molar-refractivity contribution >= 4 is 63.5 Å². The van der Waals surface area contributed by atoms with Gasteiger partial charge in [-0.3, -0.25) is 14.9 Å². The Balaban J connectivity index is 1.25. The Hall–Kier alpha value is -3.27. The Morgan fingerprint density at radius 1 is 1.03 bits per heavy atom. The van der Waals surface area contributed by atoms with Crippen LogP contribution >= 0.6 is 35.0 Å². The number of thioether (sulfide) groups is 1. The number of benzene rings is 2. The molecule has 8 nitrogen and oxygen atoms in total. The molecule has 2 aliphatic heterocycles. The molecule has 3 heterocycles. The summed E-state index contributed by atoms with van der Waals surface area (Å²) in [6.45, 7) is 2.36. The van der Waals surface area contributed by atoms with Gasteiger partial charge in [-0.05, 0) is 48.2 Å². The van der Waals surface area contributed by atoms with Gasteiger partial charge >= 0.3 is 0 Å². The monoisotopic (exact) mass is 528 g/mol. The van der Waals surface area contributed by atoms with E-state index in [1.807, 2.05) is 9.80 Å². The number of para-hydroxylation sites is 2. The number of carbonyl (C=O) groups excluding carboxylic acids is 1. The standard InChI is InChI=1S/C24H18Cl2N4O4S/c25-15-5-7-17(18(26)13-15)21-8-6-16(34-21)14-22-23(31)27-24(35-22)29-11-9-28(10-12-29)19-3-1-2-4-20(19)30(32)33/h1-8,13-14H,9-12H2. The van der Waals surface area contributed by atoms with Gasteiger partial charge in [0.15, 0.2) is 5.17 Å². The molecule has 0 N–H and O–H groups in total. The lowest BCUT2D eigenvalue weighted by Gasteiger charge is -2.36. The van der Waals surface area contributed by atoms with Crippen molar-refractivity contribution in [2.45, 2.75) is 0 Å². The van der Waals surface area contributed by atoms with Crippen LogP contribution in [0.4, 0.5) is 11.4 Å². The van der Waals surface area contributed by atoms with E-state index in [-0.39, 0.29) is 16.5 Å². The Kier molecular flexibility index (Phi) is 6.55. The van der Waals surface area contributed by atoms with Crippen LogP contribution in [0.25, 0.3) is 17.4 Å². The minimum absolute atomic E-state index is 0.0895. The van der Waals surface area contributed by atoms with Crippen molar-refractivity contribution in [3.05, 3.63) is 85.4 Å². The van der Waals surface area contributed by atoms with Crippen molar-refractivity contribution in [2.75, 3.05) is 31.1 Å². The van der Waals surface area contributed by atoms with E-state index in [1.165, 1.54) is 17.8 Å². The number of aliphatic imine (C=N–C) groups is 1. The van der Waals surface area contributed by atoms with Crippen LogP contribution < -0.4 is 4.90 Å². The first kappa shape index (κ1) is 23.5. The highest BCUT2D eigenvalue weighted by molar-refractivity contribution is 8.18. The average Bonchev–Trinajstić information content (AvgIpc) is 3.46. The van der Waals surface area contributed by atoms with Crippen molar-refractivity contribution in [2.24, 2.45) is 4.99 Å². The summed E-state index contributed by atoms with van der Waals surface area (Å²) in [6, 6.07) is 15.4. The summed E-state index contributed by atoms with van der Waals surface area (Å²) in [5.41, 5.74) is 1.40. The number of amidine groups is 1. The molecule has 178 valence electrons. The van der Waals surface area contributed by atoms with E-state index < -0.39 is 0 Å². The lowest BCUT2D eigenvalue weighted by molar-refractivity contribution is -0.384. The molecule has 1 aromatic heterocycles. The molecule has 2 aliphatic rings. The van der Waals surface area contributed by atoms with Crippen LogP contribution in [0.2, 0.25) is 10.0 Å². The molecular weight excluding hydrogens is 511 g/mol. The number of nitro groups is 1. The van der Waals surface area contributed by atoms with E-state index in [2.05, 4.69) is 4.99 Å². The molecule has 0 radical (unpaired) electrons. The van der Waals surface area contributed by atoms with E-state index in [1.54, 1.807) is 54.6 Å². The SMILES string of the molecule is O=C1N=C(N2CCN(c3ccccc3[N+](=O)[O-])CC2)SC1=Cc1ccc(-c2ccc(Cl)cc2Cl)o1. The van der Waals surface area contributed by atoms with Crippen LogP contribution in [0.1, 0.15) is 5.76 Å². The van der Waals surface area contributed by atoms with Crippen LogP contribution in [-0.4, -0.2) is 47.1 Å². The minimum atomic E-state index is -0.366. The summed E-state index contributed by atoms with van der Waals surface area (Å²) < 4.78 is 5.88. The number of piperazine rings is 1. The predicted molar refractivity (Wildman–Crippen MR) is 139 cm³/mol. The predicted octanol–water partition coefficient (Wildman–Crippen LogP) is 5.95. The van der Waals surface area contributed by atoms with Crippen molar-refractivity contribution in [1.29, 1.82) is 0 Å². The van der Waals surface area contributed by atoms with Gasteiger partial charge in [0.05, 0.1) is 14.9 Å². The summed E-state index contributed by atoms with van der Waals surface area (Å²) in [5.74, 6) is 0.759. The Labute approximate surface area is 215 Å². The van der Waals surface area contributed by atoms with Gasteiger partial charge in [-0.25, -0.2) is 0 Å². The first-order valence-corrected chi connectivity index (χ1v) is 12.3. The largest absolute Gasteiger partial charge is 0.457 e. The minimum Gasteiger partial charge on any atom is -0.457 e. The summed E-state index contributed by atoms with van der Waals surface area (Å²) in [4.78, 5) is 32.2. The van der Waals surface area contributed by atoms with E-state index >= 15 is 0 Å². The van der Waals surface area contributed by atoms with Gasteiger partial charge in [0.2, 0.25) is 0 Å². The molecule has 3 aromatic rings. The van der Waals surface area contributed by atoms with Crippen LogP contribution in [0.3, 0.4) is 0 Å². The van der Waals surface area contributed by atoms with E-state index in [4.69, 9.17) is 27.6 Å². The van der Waals surface area contributed by atoms with E-state index in [9.17, 15) is 14.9 Å². The highest BCUT2D eigenvalue weighted by Gasteiger charge is 2.30. The lowest BCUT2D eigenvalue weighted by Crippen LogP contribution is -2.48. The molecule has 0 aliphatic carbocycles. The maximum Gasteiger partial charge on any atom is 0.292 e. The normalized spacial score (nSPS) is 17.3. The smallest absolute Gasteiger partial charge is 0.292 e. The number of furan rings is 1. The third-order valence-electron chi connectivity index (χ3n) is 5.68. The van der Waals surface area contributed by atoms with E-state index in [0.717, 1.165) is 0 Å². The van der Waals surface area contributed by atoms with Gasteiger partial charge in [-0.15, -0.1) is 0 Å². The fourth-order valence-corrected chi connectivity index (χ4v) is 5.40. The molecule has 1 fully saturated rings. The summed E-state index contributed by atoms with van der Waals surface area (Å²) in [5, 5.41) is 13.0. The Morgan fingerprint density at radius 2 is 1.77 bits per heavy atom. The van der Waals surface area contributed by atoms with Crippen LogP contribution in [-0.2, 0) is 4.79 Å². The Morgan fingerprint density at radius 3 is 2.51 bits per heavy atom. The molecule has 1 saturated heterocycles. The first-order valence-electron chi connectivity index (χ1n) is 10.7. The number of hydrogen-bond donors (Lipinski definition) is 0. The van der Waals surface area contributed by atoms with Crippen LogP contribution in [0.5, 0.6) is 0 Å². The van der Waals surface area contributed by atoms with Crippen molar-refractivity contribution in [1.82, 2.24) is 4.90 Å². The number of amides is 1. The molecule has 0 unspecified atom stereocenters. The number of nitrogens with zero attached hydrogens (tertiary/aromatic N) is 4. The van der Waals surface area contributed by atoms with Gasteiger partial charge in [0, 0.05) is 48.9 Å². The second-order valence-corrected chi connectivity index (χ2v) is 9.71. The fraction of sp³-hybridized carbons (Fsp3) is 0.167. The third kappa shape index (κ3) is 4.93. The number of hydrogen-bond acceptors (Lipinski definition) is 7. The number of halogens is 2. The molecule has 1 amide bonds. The summed E-state index contributed by atoms with van der Waals surface area (Å²) in [6.07, 6.45) is 1.67.